The Morgan fingerprint density at radius 2 is 2.00 bits per heavy atom. The van der Waals surface area contributed by atoms with E-state index in [1.54, 1.807) is 31.2 Å². The highest BCUT2D eigenvalue weighted by Crippen LogP contribution is 2.23. The molecule has 0 fully saturated rings. The van der Waals surface area contributed by atoms with E-state index in [1.165, 1.54) is 6.07 Å². The predicted molar refractivity (Wildman–Crippen MR) is 73.2 cm³/mol. The number of rotatable bonds is 5. The molecule has 0 spiro atoms. The van der Waals surface area contributed by atoms with Gasteiger partial charge in [0.1, 0.15) is 5.69 Å². The average molecular weight is 302 g/mol. The van der Waals surface area contributed by atoms with Crippen LogP contribution < -0.4 is 9.44 Å². The number of nitrogens with one attached hydrogen (secondary N) is 2. The fourth-order valence-electron chi connectivity index (χ4n) is 1.44. The maximum atomic E-state index is 11.5. The Morgan fingerprint density at radius 3 is 2.63 bits per heavy atom. The van der Waals surface area contributed by atoms with Crippen molar-refractivity contribution in [2.45, 2.75) is 6.92 Å². The minimum absolute atomic E-state index is 0.0471. The first-order valence-corrected chi connectivity index (χ1v) is 7.36. The molecule has 0 unspecified atom stereocenters. The van der Waals surface area contributed by atoms with Crippen molar-refractivity contribution in [1.29, 1.82) is 0 Å². The van der Waals surface area contributed by atoms with E-state index in [0.717, 1.165) is 5.56 Å². The summed E-state index contributed by atoms with van der Waals surface area (Å²) in [4.78, 5) is 0. The molecule has 0 aliphatic carbocycles. The number of hydrogen-bond donors (Lipinski definition) is 2. The number of aromatic nitrogens is 1. The summed E-state index contributed by atoms with van der Waals surface area (Å²) in [5.74, 6) is 0.0471. The quantitative estimate of drug-likeness (QED) is 0.887. The standard InChI is InChI=1S/C11H12ClN3O3S/c1-2-13-19(16,17)15-11-7-10(14-18-11)8-3-5-9(12)6-4-8/h3-7,13,15H,2H2,1H3. The first-order chi connectivity index (χ1) is 9.00. The number of nitrogens with zero attached hydrogens (tertiary/aromatic N) is 1. The van der Waals surface area contributed by atoms with Crippen LogP contribution in [0.25, 0.3) is 11.3 Å². The van der Waals surface area contributed by atoms with Crippen molar-refractivity contribution in [3.05, 3.63) is 35.4 Å². The third-order valence-electron chi connectivity index (χ3n) is 2.22. The Hall–Kier alpha value is -1.57. The van der Waals surface area contributed by atoms with Gasteiger partial charge in [0.15, 0.2) is 0 Å². The van der Waals surface area contributed by atoms with Gasteiger partial charge >= 0.3 is 10.2 Å². The first-order valence-electron chi connectivity index (χ1n) is 5.50. The van der Waals surface area contributed by atoms with Gasteiger partial charge in [0.05, 0.1) is 0 Å². The van der Waals surface area contributed by atoms with Crippen molar-refractivity contribution < 1.29 is 12.9 Å². The molecule has 2 aromatic rings. The molecule has 0 amide bonds. The molecule has 0 aliphatic rings. The van der Waals surface area contributed by atoms with Crippen LogP contribution in [0.3, 0.4) is 0 Å². The summed E-state index contributed by atoms with van der Waals surface area (Å²) in [6.07, 6.45) is 0. The Balaban J connectivity index is 2.18. The maximum Gasteiger partial charge on any atom is 0.301 e. The van der Waals surface area contributed by atoms with Crippen LogP contribution in [0.2, 0.25) is 5.02 Å². The third-order valence-corrected chi connectivity index (χ3v) is 3.61. The predicted octanol–water partition coefficient (Wildman–Crippen LogP) is 2.26. The molecule has 8 heteroatoms. The summed E-state index contributed by atoms with van der Waals surface area (Å²) in [6.45, 7) is 1.96. The molecule has 0 atom stereocenters. The second-order valence-corrected chi connectivity index (χ2v) is 5.62. The average Bonchev–Trinajstić information content (AvgIpc) is 2.77. The number of halogens is 1. The molecule has 0 saturated heterocycles. The van der Waals surface area contributed by atoms with Gasteiger partial charge in [-0.25, -0.2) is 4.72 Å². The van der Waals surface area contributed by atoms with Crippen molar-refractivity contribution in [2.24, 2.45) is 0 Å². The Bertz CT molecular complexity index is 652. The first kappa shape index (κ1) is 13.9. The summed E-state index contributed by atoms with van der Waals surface area (Å²) >= 11 is 5.78. The number of anilines is 1. The molecule has 2 N–H and O–H groups in total. The van der Waals surface area contributed by atoms with Crippen LogP contribution in [0.5, 0.6) is 0 Å². The molecular weight excluding hydrogens is 290 g/mol. The molecule has 1 aromatic heterocycles. The van der Waals surface area contributed by atoms with Gasteiger partial charge in [0, 0.05) is 23.2 Å². The molecule has 2 rings (SSSR count). The third kappa shape index (κ3) is 3.69. The van der Waals surface area contributed by atoms with E-state index in [2.05, 4.69) is 14.6 Å². The summed E-state index contributed by atoms with van der Waals surface area (Å²) in [6, 6.07) is 8.46. The van der Waals surface area contributed by atoms with E-state index < -0.39 is 10.2 Å². The van der Waals surface area contributed by atoms with Crippen LogP contribution >= 0.6 is 11.6 Å². The highest BCUT2D eigenvalue weighted by Gasteiger charge is 2.13. The lowest BCUT2D eigenvalue weighted by atomic mass is 10.1. The van der Waals surface area contributed by atoms with Gasteiger partial charge in [-0.1, -0.05) is 35.8 Å². The fraction of sp³-hybridized carbons (Fsp3) is 0.182. The van der Waals surface area contributed by atoms with Crippen LogP contribution in [0.1, 0.15) is 6.92 Å². The number of hydrogen-bond acceptors (Lipinski definition) is 4. The second kappa shape index (κ2) is 5.60. The zero-order valence-electron chi connectivity index (χ0n) is 10.1. The van der Waals surface area contributed by atoms with E-state index in [0.29, 0.717) is 10.7 Å². The smallest absolute Gasteiger partial charge is 0.301 e. The van der Waals surface area contributed by atoms with E-state index in [1.807, 2.05) is 0 Å². The highest BCUT2D eigenvalue weighted by atomic mass is 35.5. The second-order valence-electron chi connectivity index (χ2n) is 3.69. The van der Waals surface area contributed by atoms with Gasteiger partial charge < -0.3 is 4.52 Å². The van der Waals surface area contributed by atoms with Crippen LogP contribution in [-0.4, -0.2) is 20.1 Å². The van der Waals surface area contributed by atoms with Gasteiger partial charge in [0.25, 0.3) is 0 Å². The zero-order chi connectivity index (χ0) is 13.9. The molecule has 0 saturated carbocycles. The van der Waals surface area contributed by atoms with Gasteiger partial charge in [-0.2, -0.15) is 13.1 Å². The molecule has 6 nitrogen and oxygen atoms in total. The Morgan fingerprint density at radius 1 is 1.32 bits per heavy atom. The van der Waals surface area contributed by atoms with Gasteiger partial charge in [-0.3, -0.25) is 0 Å². The summed E-state index contributed by atoms with van der Waals surface area (Å²) in [5, 5.41) is 4.40. The molecule has 0 aliphatic heterocycles. The van der Waals surface area contributed by atoms with E-state index >= 15 is 0 Å². The normalized spacial score (nSPS) is 11.5. The van der Waals surface area contributed by atoms with Crippen LogP contribution in [0.4, 0.5) is 5.88 Å². The van der Waals surface area contributed by atoms with Crippen LogP contribution in [0.15, 0.2) is 34.9 Å². The van der Waals surface area contributed by atoms with Crippen LogP contribution in [-0.2, 0) is 10.2 Å². The maximum absolute atomic E-state index is 11.5. The lowest BCUT2D eigenvalue weighted by Gasteiger charge is -2.02. The van der Waals surface area contributed by atoms with Gasteiger partial charge in [-0.05, 0) is 12.1 Å². The molecule has 1 aromatic carbocycles. The van der Waals surface area contributed by atoms with E-state index in [-0.39, 0.29) is 12.4 Å². The van der Waals surface area contributed by atoms with E-state index in [9.17, 15) is 8.42 Å². The summed E-state index contributed by atoms with van der Waals surface area (Å²) in [7, 11) is -3.62. The van der Waals surface area contributed by atoms with Gasteiger partial charge in [-0.15, -0.1) is 0 Å². The molecule has 0 radical (unpaired) electrons. The Kier molecular flexibility index (Phi) is 4.08. The fourth-order valence-corrected chi connectivity index (χ4v) is 2.38. The molecule has 102 valence electrons. The van der Waals surface area contributed by atoms with Crippen LogP contribution in [0, 0.1) is 0 Å². The van der Waals surface area contributed by atoms with E-state index in [4.69, 9.17) is 16.1 Å². The van der Waals surface area contributed by atoms with Crippen molar-refractivity contribution in [3.8, 4) is 11.3 Å². The highest BCUT2D eigenvalue weighted by molar-refractivity contribution is 7.90. The summed E-state index contributed by atoms with van der Waals surface area (Å²) in [5.41, 5.74) is 1.30. The lowest BCUT2D eigenvalue weighted by Crippen LogP contribution is -2.29. The number of benzene rings is 1. The minimum atomic E-state index is -3.62. The van der Waals surface area contributed by atoms with Crippen molar-refractivity contribution in [3.63, 3.8) is 0 Å². The summed E-state index contributed by atoms with van der Waals surface area (Å²) < 4.78 is 32.4. The SMILES string of the molecule is CCNS(=O)(=O)Nc1cc(-c2ccc(Cl)cc2)no1. The Labute approximate surface area is 115 Å². The van der Waals surface area contributed by atoms with Crippen molar-refractivity contribution in [1.82, 2.24) is 9.88 Å². The molecule has 0 bridgehead atoms. The molecular formula is C11H12ClN3O3S. The molecule has 19 heavy (non-hydrogen) atoms. The zero-order valence-corrected chi connectivity index (χ0v) is 11.6. The minimum Gasteiger partial charge on any atom is -0.337 e. The topological polar surface area (TPSA) is 84.2 Å². The molecule has 1 heterocycles. The lowest BCUT2D eigenvalue weighted by molar-refractivity contribution is 0.438. The monoisotopic (exact) mass is 301 g/mol. The van der Waals surface area contributed by atoms with Gasteiger partial charge in [0.2, 0.25) is 5.88 Å². The van der Waals surface area contributed by atoms with Crippen molar-refractivity contribution >= 4 is 27.7 Å². The largest absolute Gasteiger partial charge is 0.337 e. The van der Waals surface area contributed by atoms with Crippen molar-refractivity contribution in [2.75, 3.05) is 11.3 Å².